The van der Waals surface area contributed by atoms with Gasteiger partial charge in [0.1, 0.15) is 6.61 Å². The number of benzene rings is 3. The third kappa shape index (κ3) is 5.75. The van der Waals surface area contributed by atoms with Crippen LogP contribution in [0, 0.1) is 6.92 Å². The number of ether oxygens (including phenoxy) is 2. The van der Waals surface area contributed by atoms with Crippen LogP contribution in [0.5, 0.6) is 11.5 Å². The molecule has 0 bridgehead atoms. The number of aryl methyl sites for hydroxylation is 1. The molecule has 3 rings (SSSR count). The van der Waals surface area contributed by atoms with Gasteiger partial charge in [0, 0.05) is 16.7 Å². The van der Waals surface area contributed by atoms with Gasteiger partial charge in [0.15, 0.2) is 11.5 Å². The van der Waals surface area contributed by atoms with E-state index in [0.717, 1.165) is 21.3 Å². The zero-order valence-electron chi connectivity index (χ0n) is 16.7. The number of halogens is 1. The van der Waals surface area contributed by atoms with Crippen molar-refractivity contribution in [2.24, 2.45) is 5.14 Å². The highest BCUT2D eigenvalue weighted by molar-refractivity contribution is 9.10. The van der Waals surface area contributed by atoms with Crippen LogP contribution in [0.3, 0.4) is 0 Å². The molecule has 0 aliphatic carbocycles. The quantitative estimate of drug-likeness (QED) is 0.481. The van der Waals surface area contributed by atoms with E-state index in [2.05, 4.69) is 27.3 Å². The molecule has 0 heterocycles. The third-order valence-corrected chi connectivity index (χ3v) is 6.14. The highest BCUT2D eigenvalue weighted by atomic mass is 79.9. The van der Waals surface area contributed by atoms with Crippen LogP contribution in [0.25, 0.3) is 0 Å². The van der Waals surface area contributed by atoms with Crippen LogP contribution >= 0.6 is 15.9 Å². The molecule has 0 aromatic heterocycles. The summed E-state index contributed by atoms with van der Waals surface area (Å²) in [5.41, 5.74) is 4.00. The van der Waals surface area contributed by atoms with Crippen molar-refractivity contribution in [2.75, 3.05) is 12.4 Å². The molecule has 0 unspecified atom stereocenters. The predicted molar refractivity (Wildman–Crippen MR) is 121 cm³/mol. The van der Waals surface area contributed by atoms with E-state index in [4.69, 9.17) is 14.6 Å². The Morgan fingerprint density at radius 1 is 1.03 bits per heavy atom. The lowest BCUT2D eigenvalue weighted by Gasteiger charge is -2.15. The Morgan fingerprint density at radius 3 is 2.40 bits per heavy atom. The van der Waals surface area contributed by atoms with Gasteiger partial charge >= 0.3 is 0 Å². The molecule has 158 valence electrons. The lowest BCUT2D eigenvalue weighted by atomic mass is 10.1. The number of methoxy groups -OCH3 is 1. The summed E-state index contributed by atoms with van der Waals surface area (Å²) in [6.45, 7) is 2.99. The standard InChI is InChI=1S/C22H23BrN2O4S/c1-15-4-3-5-16(10-15)14-29-22-12-20(23)17(11-21(22)28-2)13-25-18-6-8-19(9-7-18)30(24,26)27/h3-12,25H,13-14H2,1-2H3,(H2,24,26,27). The topological polar surface area (TPSA) is 90.6 Å². The van der Waals surface area contributed by atoms with E-state index in [1.54, 1.807) is 19.2 Å². The molecule has 3 N–H and O–H groups in total. The van der Waals surface area contributed by atoms with Crippen molar-refractivity contribution in [3.8, 4) is 11.5 Å². The molecule has 0 aliphatic rings. The van der Waals surface area contributed by atoms with E-state index in [1.807, 2.05) is 37.3 Å². The first-order valence-corrected chi connectivity index (χ1v) is 11.5. The fourth-order valence-electron chi connectivity index (χ4n) is 2.91. The summed E-state index contributed by atoms with van der Waals surface area (Å²) in [6, 6.07) is 18.2. The maximum atomic E-state index is 11.4. The molecule has 0 amide bonds. The number of primary sulfonamides is 1. The zero-order valence-corrected chi connectivity index (χ0v) is 19.1. The van der Waals surface area contributed by atoms with E-state index in [1.165, 1.54) is 17.7 Å². The van der Waals surface area contributed by atoms with Crippen LogP contribution in [0.2, 0.25) is 0 Å². The van der Waals surface area contributed by atoms with Gasteiger partial charge in [0.25, 0.3) is 0 Å². The Labute approximate surface area is 185 Å². The summed E-state index contributed by atoms with van der Waals surface area (Å²) >= 11 is 3.59. The lowest BCUT2D eigenvalue weighted by Crippen LogP contribution is -2.12. The Morgan fingerprint density at radius 2 is 1.77 bits per heavy atom. The molecule has 0 radical (unpaired) electrons. The SMILES string of the molecule is COc1cc(CNc2ccc(S(N)(=O)=O)cc2)c(Br)cc1OCc1cccc(C)c1. The number of sulfonamides is 1. The second-order valence-electron chi connectivity index (χ2n) is 6.80. The number of rotatable bonds is 8. The molecule has 0 atom stereocenters. The van der Waals surface area contributed by atoms with Gasteiger partial charge in [-0.3, -0.25) is 0 Å². The largest absolute Gasteiger partial charge is 0.493 e. The molecule has 0 saturated carbocycles. The smallest absolute Gasteiger partial charge is 0.238 e. The average Bonchev–Trinajstić information content (AvgIpc) is 2.71. The first-order chi connectivity index (χ1) is 14.3. The van der Waals surface area contributed by atoms with Gasteiger partial charge in [-0.25, -0.2) is 13.6 Å². The van der Waals surface area contributed by atoms with E-state index >= 15 is 0 Å². The van der Waals surface area contributed by atoms with E-state index in [-0.39, 0.29) is 4.90 Å². The van der Waals surface area contributed by atoms with Crippen molar-refractivity contribution < 1.29 is 17.9 Å². The molecular weight excluding hydrogens is 468 g/mol. The number of nitrogens with one attached hydrogen (secondary N) is 1. The van der Waals surface area contributed by atoms with Gasteiger partial charge in [-0.2, -0.15) is 0 Å². The second-order valence-corrected chi connectivity index (χ2v) is 9.21. The summed E-state index contributed by atoms with van der Waals surface area (Å²) in [7, 11) is -2.10. The Hall–Kier alpha value is -2.55. The molecule has 0 aliphatic heterocycles. The monoisotopic (exact) mass is 490 g/mol. The van der Waals surface area contributed by atoms with Crippen molar-refractivity contribution in [3.63, 3.8) is 0 Å². The first-order valence-electron chi connectivity index (χ1n) is 9.18. The molecule has 0 saturated heterocycles. The zero-order chi connectivity index (χ0) is 21.7. The Kier molecular flexibility index (Phi) is 7.02. The van der Waals surface area contributed by atoms with Crippen molar-refractivity contribution >= 4 is 31.6 Å². The normalized spacial score (nSPS) is 11.2. The second kappa shape index (κ2) is 9.51. The minimum atomic E-state index is -3.70. The van der Waals surface area contributed by atoms with Gasteiger partial charge in [0.05, 0.1) is 12.0 Å². The number of hydrogen-bond acceptors (Lipinski definition) is 5. The first kappa shape index (κ1) is 22.1. The van der Waals surface area contributed by atoms with Crippen LogP contribution in [0.1, 0.15) is 16.7 Å². The van der Waals surface area contributed by atoms with Gasteiger partial charge in [-0.1, -0.05) is 45.8 Å². The summed E-state index contributed by atoms with van der Waals surface area (Å²) in [6.07, 6.45) is 0. The van der Waals surface area contributed by atoms with Gasteiger partial charge in [0.2, 0.25) is 10.0 Å². The molecule has 3 aromatic rings. The average molecular weight is 491 g/mol. The van der Waals surface area contributed by atoms with Crippen molar-refractivity contribution in [1.82, 2.24) is 0 Å². The van der Waals surface area contributed by atoms with Gasteiger partial charge in [-0.05, 0) is 54.4 Å². The summed E-state index contributed by atoms with van der Waals surface area (Å²) in [5.74, 6) is 1.28. The van der Waals surface area contributed by atoms with Crippen molar-refractivity contribution in [1.29, 1.82) is 0 Å². The fraction of sp³-hybridized carbons (Fsp3) is 0.182. The van der Waals surface area contributed by atoms with Gasteiger partial charge in [-0.15, -0.1) is 0 Å². The molecule has 6 nitrogen and oxygen atoms in total. The van der Waals surface area contributed by atoms with Crippen molar-refractivity contribution in [3.05, 3.63) is 81.8 Å². The summed E-state index contributed by atoms with van der Waals surface area (Å²) in [5, 5.41) is 8.38. The van der Waals surface area contributed by atoms with Crippen LogP contribution in [-0.2, 0) is 23.2 Å². The molecule has 0 fully saturated rings. The highest BCUT2D eigenvalue weighted by Crippen LogP contribution is 2.34. The summed E-state index contributed by atoms with van der Waals surface area (Å²) in [4.78, 5) is 0.0750. The maximum absolute atomic E-state index is 11.4. The predicted octanol–water partition coefficient (Wildman–Crippen LogP) is 4.60. The Balaban J connectivity index is 1.70. The van der Waals surface area contributed by atoms with Crippen LogP contribution in [0.4, 0.5) is 5.69 Å². The van der Waals surface area contributed by atoms with E-state index in [9.17, 15) is 8.42 Å². The Bertz CT molecular complexity index is 1130. The molecular formula is C22H23BrN2O4S. The fourth-order valence-corrected chi connectivity index (χ4v) is 3.89. The molecule has 30 heavy (non-hydrogen) atoms. The van der Waals surface area contributed by atoms with E-state index < -0.39 is 10.0 Å². The highest BCUT2D eigenvalue weighted by Gasteiger charge is 2.12. The number of hydrogen-bond donors (Lipinski definition) is 2. The van der Waals surface area contributed by atoms with Crippen LogP contribution < -0.4 is 19.9 Å². The number of nitrogens with two attached hydrogens (primary N) is 1. The van der Waals surface area contributed by atoms with Crippen LogP contribution in [0.15, 0.2) is 70.0 Å². The van der Waals surface area contributed by atoms with Crippen LogP contribution in [-0.4, -0.2) is 15.5 Å². The van der Waals surface area contributed by atoms with E-state index in [0.29, 0.717) is 24.7 Å². The third-order valence-electron chi connectivity index (χ3n) is 4.48. The number of anilines is 1. The molecule has 3 aromatic carbocycles. The summed E-state index contributed by atoms with van der Waals surface area (Å²) < 4.78 is 35.1. The lowest BCUT2D eigenvalue weighted by molar-refractivity contribution is 0.284. The minimum Gasteiger partial charge on any atom is -0.493 e. The van der Waals surface area contributed by atoms with Gasteiger partial charge < -0.3 is 14.8 Å². The minimum absolute atomic E-state index is 0.0750. The molecule has 8 heteroatoms. The van der Waals surface area contributed by atoms with Crippen molar-refractivity contribution in [2.45, 2.75) is 25.0 Å². The maximum Gasteiger partial charge on any atom is 0.238 e. The molecule has 0 spiro atoms.